The van der Waals surface area contributed by atoms with E-state index in [-0.39, 0.29) is 17.3 Å². The highest BCUT2D eigenvalue weighted by Gasteiger charge is 2.14. The summed E-state index contributed by atoms with van der Waals surface area (Å²) in [5.74, 6) is 0.509. The first-order valence-electron chi connectivity index (χ1n) is 7.24. The van der Waals surface area contributed by atoms with Crippen LogP contribution in [-0.2, 0) is 16.6 Å². The molecule has 24 heavy (non-hydrogen) atoms. The molecule has 2 aromatic carbocycles. The van der Waals surface area contributed by atoms with E-state index in [2.05, 4.69) is 14.9 Å². The predicted octanol–water partition coefficient (Wildman–Crippen LogP) is 2.72. The lowest BCUT2D eigenvalue weighted by Crippen LogP contribution is -2.23. The molecule has 0 unspecified atom stereocenters. The van der Waals surface area contributed by atoms with Crippen molar-refractivity contribution in [3.63, 3.8) is 0 Å². The molecular formula is C17H15N3O3S. The number of aromatic nitrogens is 2. The third-order valence-electron chi connectivity index (χ3n) is 3.17. The van der Waals surface area contributed by atoms with Gasteiger partial charge < -0.3 is 4.42 Å². The molecule has 0 atom stereocenters. The van der Waals surface area contributed by atoms with Crippen molar-refractivity contribution in [1.29, 1.82) is 0 Å². The van der Waals surface area contributed by atoms with Gasteiger partial charge >= 0.3 is 0 Å². The van der Waals surface area contributed by atoms with Crippen molar-refractivity contribution in [2.75, 3.05) is 0 Å². The van der Waals surface area contributed by atoms with E-state index in [0.717, 1.165) is 5.56 Å². The standard InChI is InChI=1S/C17H15N3O3S/c21-24(22,15-9-5-2-6-10-15)18-13-17-20-19-16(23-17)12-11-14-7-3-1-4-8-14/h1-12,18H,13H2/b12-11+. The molecule has 0 saturated heterocycles. The molecule has 0 aliphatic heterocycles. The predicted molar refractivity (Wildman–Crippen MR) is 90.1 cm³/mol. The summed E-state index contributed by atoms with van der Waals surface area (Å²) in [6, 6.07) is 17.8. The van der Waals surface area contributed by atoms with Crippen LogP contribution in [0.15, 0.2) is 70.0 Å². The molecule has 1 N–H and O–H groups in total. The van der Waals surface area contributed by atoms with Gasteiger partial charge in [-0.15, -0.1) is 10.2 Å². The van der Waals surface area contributed by atoms with Crippen LogP contribution in [0.25, 0.3) is 12.2 Å². The van der Waals surface area contributed by atoms with Gasteiger partial charge in [0.25, 0.3) is 0 Å². The van der Waals surface area contributed by atoms with Crippen LogP contribution in [0, 0.1) is 0 Å². The molecule has 7 heteroatoms. The van der Waals surface area contributed by atoms with Crippen LogP contribution in [0.1, 0.15) is 17.3 Å². The summed E-state index contributed by atoms with van der Waals surface area (Å²) < 4.78 is 32.0. The normalized spacial score (nSPS) is 11.8. The Balaban J connectivity index is 1.63. The average Bonchev–Trinajstić information content (AvgIpc) is 3.08. The Morgan fingerprint density at radius 1 is 0.917 bits per heavy atom. The van der Waals surface area contributed by atoms with Gasteiger partial charge in [0, 0.05) is 6.08 Å². The van der Waals surface area contributed by atoms with Crippen molar-refractivity contribution in [3.05, 3.63) is 78.0 Å². The van der Waals surface area contributed by atoms with E-state index in [0.29, 0.717) is 5.89 Å². The van der Waals surface area contributed by atoms with E-state index >= 15 is 0 Å². The minimum atomic E-state index is -3.60. The van der Waals surface area contributed by atoms with Gasteiger partial charge in [-0.3, -0.25) is 0 Å². The Labute approximate surface area is 139 Å². The number of hydrogen-bond donors (Lipinski definition) is 1. The topological polar surface area (TPSA) is 85.1 Å². The van der Waals surface area contributed by atoms with Crippen LogP contribution in [0.2, 0.25) is 0 Å². The van der Waals surface area contributed by atoms with Crippen molar-refractivity contribution in [3.8, 4) is 0 Å². The van der Waals surface area contributed by atoms with Crippen molar-refractivity contribution in [2.45, 2.75) is 11.4 Å². The highest BCUT2D eigenvalue weighted by atomic mass is 32.2. The SMILES string of the molecule is O=S(=O)(NCc1nnc(/C=C/c2ccccc2)o1)c1ccccc1. The summed E-state index contributed by atoms with van der Waals surface area (Å²) in [5, 5.41) is 7.70. The Bertz CT molecular complexity index is 920. The molecule has 3 rings (SSSR count). The van der Waals surface area contributed by atoms with Gasteiger partial charge in [0.05, 0.1) is 11.4 Å². The third kappa shape index (κ3) is 4.15. The van der Waals surface area contributed by atoms with E-state index in [1.165, 1.54) is 12.1 Å². The average molecular weight is 341 g/mol. The number of nitrogens with zero attached hydrogens (tertiary/aromatic N) is 2. The second-order valence-electron chi connectivity index (χ2n) is 4.92. The van der Waals surface area contributed by atoms with Crippen molar-refractivity contribution in [1.82, 2.24) is 14.9 Å². The lowest BCUT2D eigenvalue weighted by Gasteiger charge is -2.03. The van der Waals surface area contributed by atoms with E-state index in [1.54, 1.807) is 24.3 Å². The molecule has 0 spiro atoms. The summed E-state index contributed by atoms with van der Waals surface area (Å²) in [4.78, 5) is 0.189. The molecule has 1 aromatic heterocycles. The van der Waals surface area contributed by atoms with Crippen LogP contribution >= 0.6 is 0 Å². The van der Waals surface area contributed by atoms with Gasteiger partial charge in [-0.05, 0) is 23.8 Å². The second-order valence-corrected chi connectivity index (χ2v) is 6.68. The summed E-state index contributed by atoms with van der Waals surface area (Å²) in [7, 11) is -3.60. The molecule has 0 fully saturated rings. The fourth-order valence-corrected chi connectivity index (χ4v) is 2.97. The maximum Gasteiger partial charge on any atom is 0.241 e. The molecular weight excluding hydrogens is 326 g/mol. The monoisotopic (exact) mass is 341 g/mol. The molecule has 122 valence electrons. The summed E-state index contributed by atoms with van der Waals surface area (Å²) in [6.07, 6.45) is 3.52. The molecule has 6 nitrogen and oxygen atoms in total. The first-order chi connectivity index (χ1) is 11.6. The van der Waals surface area contributed by atoms with E-state index < -0.39 is 10.0 Å². The minimum Gasteiger partial charge on any atom is -0.420 e. The van der Waals surface area contributed by atoms with E-state index in [1.807, 2.05) is 36.4 Å². The van der Waals surface area contributed by atoms with Crippen LogP contribution in [0.5, 0.6) is 0 Å². The molecule has 0 aliphatic carbocycles. The maximum atomic E-state index is 12.1. The zero-order valence-electron chi connectivity index (χ0n) is 12.7. The minimum absolute atomic E-state index is 0.0661. The van der Waals surface area contributed by atoms with Crippen LogP contribution < -0.4 is 4.72 Å². The van der Waals surface area contributed by atoms with Crippen molar-refractivity contribution in [2.24, 2.45) is 0 Å². The molecule has 3 aromatic rings. The maximum absolute atomic E-state index is 12.1. The largest absolute Gasteiger partial charge is 0.420 e. The number of hydrogen-bond acceptors (Lipinski definition) is 5. The smallest absolute Gasteiger partial charge is 0.241 e. The number of rotatable bonds is 6. The molecule has 0 radical (unpaired) electrons. The van der Waals surface area contributed by atoms with Gasteiger partial charge in [-0.1, -0.05) is 48.5 Å². The summed E-state index contributed by atoms with van der Waals surface area (Å²) >= 11 is 0. The second kappa shape index (κ2) is 7.20. The van der Waals surface area contributed by atoms with Gasteiger partial charge in [0.15, 0.2) is 0 Å². The van der Waals surface area contributed by atoms with Crippen LogP contribution in [-0.4, -0.2) is 18.6 Å². The first kappa shape index (κ1) is 16.1. The molecule has 0 bridgehead atoms. The van der Waals surface area contributed by atoms with Crippen LogP contribution in [0.4, 0.5) is 0 Å². The molecule has 1 heterocycles. The third-order valence-corrected chi connectivity index (χ3v) is 4.58. The molecule has 0 aliphatic rings. The number of benzene rings is 2. The fraction of sp³-hybridized carbons (Fsp3) is 0.0588. The molecule has 0 amide bonds. The molecule has 0 saturated carbocycles. The summed E-state index contributed by atoms with van der Waals surface area (Å²) in [6.45, 7) is -0.0661. The highest BCUT2D eigenvalue weighted by Crippen LogP contribution is 2.10. The van der Waals surface area contributed by atoms with Gasteiger partial charge in [-0.25, -0.2) is 13.1 Å². The van der Waals surface area contributed by atoms with Gasteiger partial charge in [-0.2, -0.15) is 0 Å². The van der Waals surface area contributed by atoms with Crippen LogP contribution in [0.3, 0.4) is 0 Å². The van der Waals surface area contributed by atoms with Gasteiger partial charge in [0.1, 0.15) is 0 Å². The lowest BCUT2D eigenvalue weighted by molar-refractivity contribution is 0.476. The zero-order valence-corrected chi connectivity index (χ0v) is 13.5. The highest BCUT2D eigenvalue weighted by molar-refractivity contribution is 7.89. The number of nitrogens with one attached hydrogen (secondary N) is 1. The van der Waals surface area contributed by atoms with Crippen molar-refractivity contribution >= 4 is 22.2 Å². The first-order valence-corrected chi connectivity index (χ1v) is 8.72. The zero-order chi connectivity index (χ0) is 16.8. The van der Waals surface area contributed by atoms with Gasteiger partial charge in [0.2, 0.25) is 21.8 Å². The van der Waals surface area contributed by atoms with E-state index in [9.17, 15) is 8.42 Å². The number of sulfonamides is 1. The quantitative estimate of drug-likeness (QED) is 0.745. The Morgan fingerprint density at radius 3 is 2.29 bits per heavy atom. The van der Waals surface area contributed by atoms with Crippen molar-refractivity contribution < 1.29 is 12.8 Å². The Kier molecular flexibility index (Phi) is 4.83. The fourth-order valence-electron chi connectivity index (χ4n) is 1.98. The lowest BCUT2D eigenvalue weighted by atomic mass is 10.2. The summed E-state index contributed by atoms with van der Waals surface area (Å²) in [5.41, 5.74) is 1.00. The van der Waals surface area contributed by atoms with E-state index in [4.69, 9.17) is 4.42 Å². The Hall–Kier alpha value is -2.77. The Morgan fingerprint density at radius 2 is 1.58 bits per heavy atom.